The summed E-state index contributed by atoms with van der Waals surface area (Å²) in [6.45, 7) is 2.55. The number of para-hydroxylation sites is 1. The van der Waals surface area contributed by atoms with Crippen LogP contribution in [0, 0.1) is 0 Å². The Morgan fingerprint density at radius 2 is 2.14 bits per heavy atom. The molecular formula is C10H11ClO3. The van der Waals surface area contributed by atoms with E-state index in [0.717, 1.165) is 0 Å². The number of carbonyl (C=O) groups excluding carboxylic acids is 1. The van der Waals surface area contributed by atoms with Gasteiger partial charge >= 0.3 is 0 Å². The van der Waals surface area contributed by atoms with E-state index in [4.69, 9.17) is 21.1 Å². The van der Waals surface area contributed by atoms with Gasteiger partial charge in [0.25, 0.3) is 5.24 Å². The molecule has 14 heavy (non-hydrogen) atoms. The van der Waals surface area contributed by atoms with E-state index in [1.807, 2.05) is 6.92 Å². The molecule has 0 bridgehead atoms. The molecule has 0 saturated carbocycles. The summed E-state index contributed by atoms with van der Waals surface area (Å²) in [5, 5.41) is -0.530. The monoisotopic (exact) mass is 214 g/mol. The van der Waals surface area contributed by atoms with Gasteiger partial charge < -0.3 is 9.47 Å². The Bertz CT molecular complexity index is 312. The molecule has 0 N–H and O–H groups in total. The lowest BCUT2D eigenvalue weighted by Gasteiger charge is -2.07. The maximum atomic E-state index is 10.9. The summed E-state index contributed by atoms with van der Waals surface area (Å²) in [4.78, 5) is 10.9. The van der Waals surface area contributed by atoms with E-state index < -0.39 is 5.24 Å². The zero-order valence-electron chi connectivity index (χ0n) is 7.83. The quantitative estimate of drug-likeness (QED) is 0.429. The third-order valence-corrected chi connectivity index (χ3v) is 1.80. The van der Waals surface area contributed by atoms with Crippen LogP contribution in [-0.2, 0) is 4.74 Å². The maximum absolute atomic E-state index is 10.9. The molecule has 1 aromatic rings. The minimum Gasteiger partial charge on any atom is -0.467 e. The molecule has 0 saturated heterocycles. The summed E-state index contributed by atoms with van der Waals surface area (Å²) >= 11 is 5.36. The lowest BCUT2D eigenvalue weighted by Crippen LogP contribution is -2.04. The van der Waals surface area contributed by atoms with E-state index in [1.165, 1.54) is 0 Å². The van der Waals surface area contributed by atoms with Crippen molar-refractivity contribution >= 4 is 16.8 Å². The molecule has 0 fully saturated rings. The highest BCUT2D eigenvalue weighted by molar-refractivity contribution is 6.68. The van der Waals surface area contributed by atoms with Crippen LogP contribution >= 0.6 is 11.6 Å². The molecule has 4 heteroatoms. The second kappa shape index (κ2) is 5.62. The van der Waals surface area contributed by atoms with Gasteiger partial charge in [-0.3, -0.25) is 4.79 Å². The van der Waals surface area contributed by atoms with Crippen molar-refractivity contribution in [3.63, 3.8) is 0 Å². The number of carbonyl (C=O) groups is 1. The molecule has 76 valence electrons. The molecule has 1 rings (SSSR count). The second-order valence-corrected chi connectivity index (χ2v) is 2.87. The number of hydrogen-bond donors (Lipinski definition) is 0. The van der Waals surface area contributed by atoms with Gasteiger partial charge in [0.05, 0.1) is 5.56 Å². The predicted octanol–water partition coefficient (Wildman–Crippen LogP) is 2.44. The van der Waals surface area contributed by atoms with Crippen LogP contribution in [-0.4, -0.2) is 18.6 Å². The fraction of sp³-hybridized carbons (Fsp3) is 0.300. The Kier molecular flexibility index (Phi) is 4.43. The molecule has 0 atom stereocenters. The Hall–Kier alpha value is -1.06. The number of rotatable bonds is 5. The minimum atomic E-state index is -0.530. The summed E-state index contributed by atoms with van der Waals surface area (Å²) in [5.41, 5.74) is 0.355. The maximum Gasteiger partial charge on any atom is 0.256 e. The van der Waals surface area contributed by atoms with Crippen LogP contribution in [0.4, 0.5) is 0 Å². The Labute approximate surface area is 87.6 Å². The molecule has 0 heterocycles. The topological polar surface area (TPSA) is 35.5 Å². The lowest BCUT2D eigenvalue weighted by atomic mass is 10.2. The predicted molar refractivity (Wildman–Crippen MR) is 53.7 cm³/mol. The van der Waals surface area contributed by atoms with Gasteiger partial charge in [0.1, 0.15) is 5.75 Å². The first-order chi connectivity index (χ1) is 6.75. The van der Waals surface area contributed by atoms with E-state index in [1.54, 1.807) is 24.3 Å². The molecule has 0 amide bonds. The first-order valence-electron chi connectivity index (χ1n) is 4.25. The van der Waals surface area contributed by atoms with Crippen molar-refractivity contribution in [2.45, 2.75) is 6.92 Å². The zero-order chi connectivity index (χ0) is 10.4. The van der Waals surface area contributed by atoms with Gasteiger partial charge in [-0.15, -0.1) is 0 Å². The Morgan fingerprint density at radius 3 is 2.79 bits per heavy atom. The van der Waals surface area contributed by atoms with Gasteiger partial charge in [0, 0.05) is 6.61 Å². The van der Waals surface area contributed by atoms with Crippen LogP contribution in [0.25, 0.3) is 0 Å². The fourth-order valence-electron chi connectivity index (χ4n) is 0.943. The number of halogens is 1. The van der Waals surface area contributed by atoms with Crippen molar-refractivity contribution in [2.75, 3.05) is 13.4 Å². The van der Waals surface area contributed by atoms with E-state index in [-0.39, 0.29) is 6.79 Å². The normalized spacial score (nSPS) is 9.86. The molecule has 1 aromatic carbocycles. The molecule has 0 spiro atoms. The van der Waals surface area contributed by atoms with E-state index in [2.05, 4.69) is 0 Å². The van der Waals surface area contributed by atoms with Gasteiger partial charge in [-0.25, -0.2) is 0 Å². The van der Waals surface area contributed by atoms with Crippen molar-refractivity contribution in [3.05, 3.63) is 29.8 Å². The first-order valence-corrected chi connectivity index (χ1v) is 4.63. The summed E-state index contributed by atoms with van der Waals surface area (Å²) in [7, 11) is 0. The van der Waals surface area contributed by atoms with Gasteiger partial charge in [0.15, 0.2) is 6.79 Å². The number of benzene rings is 1. The first kappa shape index (κ1) is 11.0. The average Bonchev–Trinajstić information content (AvgIpc) is 2.19. The molecule has 3 nitrogen and oxygen atoms in total. The van der Waals surface area contributed by atoms with Crippen LogP contribution in [0.5, 0.6) is 5.75 Å². The molecule has 0 aliphatic rings. The summed E-state index contributed by atoms with van der Waals surface area (Å²) in [5.74, 6) is 0.445. The van der Waals surface area contributed by atoms with Crippen LogP contribution in [0.1, 0.15) is 17.3 Å². The second-order valence-electron chi connectivity index (χ2n) is 2.52. The van der Waals surface area contributed by atoms with Crippen molar-refractivity contribution in [2.24, 2.45) is 0 Å². The third-order valence-electron chi connectivity index (χ3n) is 1.60. The van der Waals surface area contributed by atoms with E-state index in [0.29, 0.717) is 17.9 Å². The largest absolute Gasteiger partial charge is 0.467 e. The minimum absolute atomic E-state index is 0.123. The van der Waals surface area contributed by atoms with Crippen LogP contribution in [0.3, 0.4) is 0 Å². The zero-order valence-corrected chi connectivity index (χ0v) is 8.58. The average molecular weight is 215 g/mol. The summed E-state index contributed by atoms with van der Waals surface area (Å²) < 4.78 is 10.2. The molecular weight excluding hydrogens is 204 g/mol. The highest BCUT2D eigenvalue weighted by Crippen LogP contribution is 2.19. The Morgan fingerprint density at radius 1 is 1.43 bits per heavy atom. The highest BCUT2D eigenvalue weighted by Gasteiger charge is 2.08. The van der Waals surface area contributed by atoms with Crippen LogP contribution in [0.2, 0.25) is 0 Å². The van der Waals surface area contributed by atoms with Crippen molar-refractivity contribution in [1.29, 1.82) is 0 Å². The molecule has 0 radical (unpaired) electrons. The van der Waals surface area contributed by atoms with Crippen molar-refractivity contribution < 1.29 is 14.3 Å². The summed E-state index contributed by atoms with van der Waals surface area (Å²) in [6.07, 6.45) is 0. The number of hydrogen-bond acceptors (Lipinski definition) is 3. The molecule has 0 aliphatic carbocycles. The standard InChI is InChI=1S/C10H11ClO3/c1-2-13-7-14-9-6-4-3-5-8(9)10(11)12/h3-6H,2,7H2,1H3. The SMILES string of the molecule is CCOCOc1ccccc1C(=O)Cl. The van der Waals surface area contributed by atoms with Crippen LogP contribution in [0.15, 0.2) is 24.3 Å². The Balaban J connectivity index is 2.69. The van der Waals surface area contributed by atoms with Gasteiger partial charge in [-0.05, 0) is 30.7 Å². The summed E-state index contributed by atoms with van der Waals surface area (Å²) in [6, 6.07) is 6.78. The smallest absolute Gasteiger partial charge is 0.256 e. The fourth-order valence-corrected chi connectivity index (χ4v) is 1.10. The van der Waals surface area contributed by atoms with Crippen LogP contribution < -0.4 is 4.74 Å². The third kappa shape index (κ3) is 3.01. The van der Waals surface area contributed by atoms with Gasteiger partial charge in [-0.1, -0.05) is 12.1 Å². The molecule has 0 unspecified atom stereocenters. The van der Waals surface area contributed by atoms with Gasteiger partial charge in [0.2, 0.25) is 0 Å². The molecule has 0 aliphatic heterocycles. The van der Waals surface area contributed by atoms with E-state index in [9.17, 15) is 4.79 Å². The van der Waals surface area contributed by atoms with Gasteiger partial charge in [-0.2, -0.15) is 0 Å². The molecule has 0 aromatic heterocycles. The van der Waals surface area contributed by atoms with Crippen molar-refractivity contribution in [1.82, 2.24) is 0 Å². The van der Waals surface area contributed by atoms with E-state index >= 15 is 0 Å². The highest BCUT2D eigenvalue weighted by atomic mass is 35.5. The number of ether oxygens (including phenoxy) is 2. The van der Waals surface area contributed by atoms with Crippen molar-refractivity contribution in [3.8, 4) is 5.75 Å². The lowest BCUT2D eigenvalue weighted by molar-refractivity contribution is 0.0220.